The summed E-state index contributed by atoms with van der Waals surface area (Å²) in [4.78, 5) is 0. The lowest BCUT2D eigenvalue weighted by molar-refractivity contribution is 0.223. The molecule has 0 aliphatic carbocycles. The van der Waals surface area contributed by atoms with Crippen LogP contribution in [0.1, 0.15) is 12.8 Å². The molecular formula is C9H12O. The Kier molecular flexibility index (Phi) is 5.51. The van der Waals surface area contributed by atoms with Crippen molar-refractivity contribution in [1.29, 1.82) is 0 Å². The zero-order chi connectivity index (χ0) is 7.82. The Morgan fingerprint density at radius 2 is 2.40 bits per heavy atom. The fraction of sp³-hybridized carbons (Fsp3) is 0.333. The molecule has 0 saturated carbocycles. The molecule has 1 heteroatoms. The van der Waals surface area contributed by atoms with Crippen LogP contribution in [0.3, 0.4) is 0 Å². The third kappa shape index (κ3) is 5.14. The van der Waals surface area contributed by atoms with Crippen LogP contribution in [0.4, 0.5) is 0 Å². The first-order valence-corrected chi connectivity index (χ1v) is 3.23. The molecule has 1 nitrogen and oxygen atoms in total. The van der Waals surface area contributed by atoms with E-state index in [1.807, 2.05) is 12.2 Å². The van der Waals surface area contributed by atoms with Gasteiger partial charge in [-0.25, -0.2) is 0 Å². The smallest absolute Gasteiger partial charge is 0.114 e. The van der Waals surface area contributed by atoms with Crippen LogP contribution < -0.4 is 0 Å². The van der Waals surface area contributed by atoms with E-state index in [1.165, 1.54) is 0 Å². The van der Waals surface area contributed by atoms with E-state index in [1.54, 1.807) is 6.08 Å². The summed E-state index contributed by atoms with van der Waals surface area (Å²) in [5, 5.41) is 8.86. The highest BCUT2D eigenvalue weighted by Crippen LogP contribution is 1.96. The third-order valence-electron chi connectivity index (χ3n) is 1.07. The summed E-state index contributed by atoms with van der Waals surface area (Å²) < 4.78 is 0. The van der Waals surface area contributed by atoms with Crippen LogP contribution in [-0.2, 0) is 0 Å². The first-order valence-electron chi connectivity index (χ1n) is 3.23. The van der Waals surface area contributed by atoms with Crippen LogP contribution in [-0.4, -0.2) is 11.2 Å². The maximum atomic E-state index is 8.86. The minimum atomic E-state index is -0.602. The van der Waals surface area contributed by atoms with Gasteiger partial charge in [-0.05, 0) is 12.8 Å². The zero-order valence-electron chi connectivity index (χ0n) is 5.96. The summed E-state index contributed by atoms with van der Waals surface area (Å²) in [6.45, 7) is 3.51. The van der Waals surface area contributed by atoms with Crippen molar-refractivity contribution in [3.63, 3.8) is 0 Å². The summed E-state index contributed by atoms with van der Waals surface area (Å²) in [5.74, 6) is 2.24. The molecule has 1 atom stereocenters. The quantitative estimate of drug-likeness (QED) is 0.458. The molecule has 1 unspecified atom stereocenters. The molecule has 0 radical (unpaired) electrons. The van der Waals surface area contributed by atoms with Gasteiger partial charge in [-0.3, -0.25) is 0 Å². The normalized spacial score (nSPS) is 12.8. The van der Waals surface area contributed by atoms with E-state index in [-0.39, 0.29) is 0 Å². The molecule has 0 saturated heterocycles. The van der Waals surface area contributed by atoms with Crippen LogP contribution in [0.15, 0.2) is 24.8 Å². The standard InChI is InChI=1S/C9H12O/c1-3-5-6-7-8-9(10)4-2/h2-3,5-6,9-10H,1,7-8H2/b6-5+. The number of aliphatic hydroxyl groups excluding tert-OH is 1. The van der Waals surface area contributed by atoms with E-state index in [2.05, 4.69) is 12.5 Å². The van der Waals surface area contributed by atoms with Gasteiger partial charge in [0, 0.05) is 0 Å². The molecule has 0 aliphatic rings. The summed E-state index contributed by atoms with van der Waals surface area (Å²) in [7, 11) is 0. The molecule has 0 heterocycles. The number of hydrogen-bond donors (Lipinski definition) is 1. The van der Waals surface area contributed by atoms with Crippen LogP contribution in [0.5, 0.6) is 0 Å². The molecule has 0 aromatic heterocycles. The molecule has 1 N–H and O–H groups in total. The van der Waals surface area contributed by atoms with Crippen molar-refractivity contribution < 1.29 is 5.11 Å². The summed E-state index contributed by atoms with van der Waals surface area (Å²) in [6.07, 6.45) is 11.2. The van der Waals surface area contributed by atoms with Crippen molar-refractivity contribution in [2.45, 2.75) is 18.9 Å². The molecule has 0 rings (SSSR count). The maximum Gasteiger partial charge on any atom is 0.114 e. The topological polar surface area (TPSA) is 20.2 Å². The molecule has 0 bridgehead atoms. The van der Waals surface area contributed by atoms with E-state index in [0.717, 1.165) is 6.42 Å². The number of allylic oxidation sites excluding steroid dienone is 3. The Bertz CT molecular complexity index is 151. The number of hydrogen-bond acceptors (Lipinski definition) is 1. The van der Waals surface area contributed by atoms with Gasteiger partial charge in [0.15, 0.2) is 0 Å². The molecule has 0 spiro atoms. The maximum absolute atomic E-state index is 8.86. The Balaban J connectivity index is 3.29. The van der Waals surface area contributed by atoms with Gasteiger partial charge >= 0.3 is 0 Å². The molecule has 54 valence electrons. The first-order chi connectivity index (χ1) is 4.81. The molecule has 0 aromatic rings. The van der Waals surface area contributed by atoms with Crippen molar-refractivity contribution in [1.82, 2.24) is 0 Å². The van der Waals surface area contributed by atoms with Crippen molar-refractivity contribution in [2.75, 3.05) is 0 Å². The van der Waals surface area contributed by atoms with Gasteiger partial charge in [-0.15, -0.1) is 6.42 Å². The molecule has 0 fully saturated rings. The van der Waals surface area contributed by atoms with Gasteiger partial charge in [-0.1, -0.05) is 30.7 Å². The van der Waals surface area contributed by atoms with Gasteiger partial charge in [0.05, 0.1) is 0 Å². The number of terminal acetylenes is 1. The van der Waals surface area contributed by atoms with Gasteiger partial charge in [-0.2, -0.15) is 0 Å². The monoisotopic (exact) mass is 136 g/mol. The Labute approximate surface area is 62.1 Å². The van der Waals surface area contributed by atoms with Gasteiger partial charge in [0.2, 0.25) is 0 Å². The van der Waals surface area contributed by atoms with Crippen molar-refractivity contribution in [3.05, 3.63) is 24.8 Å². The minimum Gasteiger partial charge on any atom is -0.380 e. The van der Waals surface area contributed by atoms with E-state index >= 15 is 0 Å². The second-order valence-electron chi connectivity index (χ2n) is 1.92. The van der Waals surface area contributed by atoms with Gasteiger partial charge < -0.3 is 5.11 Å². The Hall–Kier alpha value is -1.00. The Morgan fingerprint density at radius 1 is 1.70 bits per heavy atom. The number of rotatable bonds is 4. The number of aliphatic hydroxyl groups is 1. The fourth-order valence-electron chi connectivity index (χ4n) is 0.530. The predicted molar refractivity (Wildman–Crippen MR) is 43.4 cm³/mol. The largest absolute Gasteiger partial charge is 0.380 e. The third-order valence-corrected chi connectivity index (χ3v) is 1.07. The summed E-state index contributed by atoms with van der Waals surface area (Å²) >= 11 is 0. The van der Waals surface area contributed by atoms with Gasteiger partial charge in [0.25, 0.3) is 0 Å². The second kappa shape index (κ2) is 6.12. The average molecular weight is 136 g/mol. The molecule has 0 aromatic carbocycles. The Morgan fingerprint density at radius 3 is 2.90 bits per heavy atom. The lowest BCUT2D eigenvalue weighted by Gasteiger charge is -1.96. The van der Waals surface area contributed by atoms with E-state index < -0.39 is 6.10 Å². The average Bonchev–Trinajstić information content (AvgIpc) is 1.98. The molecule has 10 heavy (non-hydrogen) atoms. The van der Waals surface area contributed by atoms with E-state index in [0.29, 0.717) is 6.42 Å². The lowest BCUT2D eigenvalue weighted by Crippen LogP contribution is -2.00. The van der Waals surface area contributed by atoms with Crippen molar-refractivity contribution >= 4 is 0 Å². The van der Waals surface area contributed by atoms with E-state index in [9.17, 15) is 0 Å². The van der Waals surface area contributed by atoms with Crippen LogP contribution in [0, 0.1) is 12.3 Å². The van der Waals surface area contributed by atoms with Crippen molar-refractivity contribution in [3.8, 4) is 12.3 Å². The second-order valence-corrected chi connectivity index (χ2v) is 1.92. The lowest BCUT2D eigenvalue weighted by atomic mass is 10.2. The fourth-order valence-corrected chi connectivity index (χ4v) is 0.530. The molecule has 0 amide bonds. The minimum absolute atomic E-state index is 0.602. The molecular weight excluding hydrogens is 124 g/mol. The molecule has 0 aliphatic heterocycles. The SMILES string of the molecule is C#CC(O)CC/C=C/C=C. The van der Waals surface area contributed by atoms with Crippen LogP contribution >= 0.6 is 0 Å². The van der Waals surface area contributed by atoms with Crippen molar-refractivity contribution in [2.24, 2.45) is 0 Å². The predicted octanol–water partition coefficient (Wildman–Crippen LogP) is 1.50. The van der Waals surface area contributed by atoms with Crippen LogP contribution in [0.25, 0.3) is 0 Å². The highest BCUT2D eigenvalue weighted by atomic mass is 16.3. The first kappa shape index (κ1) is 9.00. The summed E-state index contributed by atoms with van der Waals surface area (Å²) in [5.41, 5.74) is 0. The van der Waals surface area contributed by atoms with E-state index in [4.69, 9.17) is 11.5 Å². The summed E-state index contributed by atoms with van der Waals surface area (Å²) in [6, 6.07) is 0. The highest BCUT2D eigenvalue weighted by molar-refractivity contribution is 4.99. The van der Waals surface area contributed by atoms with Crippen LogP contribution in [0.2, 0.25) is 0 Å². The highest BCUT2D eigenvalue weighted by Gasteiger charge is 1.93. The van der Waals surface area contributed by atoms with Gasteiger partial charge in [0.1, 0.15) is 6.10 Å². The zero-order valence-corrected chi connectivity index (χ0v) is 5.96.